The molecule has 3 aliphatic rings. The molecule has 6 nitrogen and oxygen atoms in total. The molecule has 1 aliphatic carbocycles. The molecule has 2 aliphatic heterocycles. The van der Waals surface area contributed by atoms with E-state index >= 15 is 0 Å². The Balaban J connectivity index is 1.28. The zero-order chi connectivity index (χ0) is 19.0. The second-order valence-corrected chi connectivity index (χ2v) is 8.82. The van der Waals surface area contributed by atoms with E-state index in [0.717, 1.165) is 50.9 Å². The molecule has 28 heavy (non-hydrogen) atoms. The predicted octanol–water partition coefficient (Wildman–Crippen LogP) is 3.05. The fraction of sp³-hybridized carbons (Fsp3) is 0.636. The first-order valence-corrected chi connectivity index (χ1v) is 10.8. The molecule has 2 aromatic rings. The minimum atomic E-state index is 0.218. The van der Waals surface area contributed by atoms with Crippen LogP contribution in [0.5, 0.6) is 0 Å². The maximum atomic E-state index is 4.87. The van der Waals surface area contributed by atoms with Crippen LogP contribution in [0, 0.1) is 6.92 Å². The summed E-state index contributed by atoms with van der Waals surface area (Å²) in [6, 6.07) is 0. The highest BCUT2D eigenvalue weighted by Gasteiger charge is 2.43. The molecular formula is C22H30N6. The molecule has 1 unspecified atom stereocenters. The zero-order valence-electron chi connectivity index (χ0n) is 16.9. The topological polar surface area (TPSA) is 58.0 Å². The van der Waals surface area contributed by atoms with E-state index in [9.17, 15) is 0 Å². The lowest BCUT2D eigenvalue weighted by Crippen LogP contribution is -2.45. The summed E-state index contributed by atoms with van der Waals surface area (Å²) < 4.78 is 0. The largest absolute Gasteiger partial charge is 0.341 e. The van der Waals surface area contributed by atoms with Crippen LogP contribution in [0.3, 0.4) is 0 Å². The lowest BCUT2D eigenvalue weighted by atomic mass is 9.77. The molecule has 2 saturated heterocycles. The Morgan fingerprint density at radius 1 is 0.929 bits per heavy atom. The van der Waals surface area contributed by atoms with Crippen LogP contribution in [-0.4, -0.2) is 51.0 Å². The number of fused-ring (bicyclic) bond motifs is 2. The van der Waals surface area contributed by atoms with Gasteiger partial charge in [0.05, 0.1) is 5.69 Å². The fourth-order valence-corrected chi connectivity index (χ4v) is 5.33. The Hall–Kier alpha value is -2.08. The van der Waals surface area contributed by atoms with Gasteiger partial charge in [0.25, 0.3) is 0 Å². The Morgan fingerprint density at radius 3 is 2.57 bits per heavy atom. The Morgan fingerprint density at radius 2 is 1.75 bits per heavy atom. The van der Waals surface area contributed by atoms with Crippen molar-refractivity contribution in [3.8, 4) is 0 Å². The molecule has 1 atom stereocenters. The third-order valence-corrected chi connectivity index (χ3v) is 6.75. The van der Waals surface area contributed by atoms with Crippen LogP contribution in [0.1, 0.15) is 61.2 Å². The van der Waals surface area contributed by atoms with E-state index in [1.54, 1.807) is 0 Å². The second-order valence-electron chi connectivity index (χ2n) is 8.82. The van der Waals surface area contributed by atoms with Gasteiger partial charge in [-0.25, -0.2) is 19.9 Å². The molecule has 0 amide bonds. The summed E-state index contributed by atoms with van der Waals surface area (Å²) in [6.45, 7) is 7.36. The third kappa shape index (κ3) is 3.39. The molecule has 148 valence electrons. The standard InChI is InChI=1S/C22H30N6/c1-17-23-14-19-6-8-22(20(19)26-17)7-5-9-27(16-22)15-18-12-24-21(25-13-18)28-10-3-2-4-11-28/h12-14H,2-11,15-16H2,1H3. The van der Waals surface area contributed by atoms with Gasteiger partial charge in [-0.05, 0) is 64.0 Å². The van der Waals surface area contributed by atoms with E-state index in [1.807, 2.05) is 19.3 Å². The van der Waals surface area contributed by atoms with Crippen molar-refractivity contribution in [2.45, 2.75) is 63.8 Å². The Kier molecular flexibility index (Phi) is 4.75. The molecule has 0 N–H and O–H groups in total. The predicted molar refractivity (Wildman–Crippen MR) is 109 cm³/mol. The van der Waals surface area contributed by atoms with Gasteiger partial charge in [-0.15, -0.1) is 0 Å². The lowest BCUT2D eigenvalue weighted by molar-refractivity contribution is 0.136. The van der Waals surface area contributed by atoms with Gasteiger partial charge in [-0.3, -0.25) is 4.90 Å². The van der Waals surface area contributed by atoms with Crippen molar-refractivity contribution in [2.75, 3.05) is 31.1 Å². The van der Waals surface area contributed by atoms with Crippen molar-refractivity contribution in [3.05, 3.63) is 41.2 Å². The van der Waals surface area contributed by atoms with Crippen molar-refractivity contribution >= 4 is 5.95 Å². The summed E-state index contributed by atoms with van der Waals surface area (Å²) in [7, 11) is 0. The monoisotopic (exact) mass is 378 g/mol. The smallest absolute Gasteiger partial charge is 0.225 e. The molecule has 2 aromatic heterocycles. The number of aromatic nitrogens is 4. The minimum absolute atomic E-state index is 0.218. The van der Waals surface area contributed by atoms with Crippen molar-refractivity contribution in [2.24, 2.45) is 0 Å². The molecule has 0 bridgehead atoms. The van der Waals surface area contributed by atoms with Crippen LogP contribution in [0.25, 0.3) is 0 Å². The van der Waals surface area contributed by atoms with Crippen LogP contribution in [-0.2, 0) is 18.4 Å². The zero-order valence-corrected chi connectivity index (χ0v) is 16.9. The molecule has 2 fully saturated rings. The van der Waals surface area contributed by atoms with Gasteiger partial charge in [-0.1, -0.05) is 0 Å². The number of rotatable bonds is 3. The summed E-state index contributed by atoms with van der Waals surface area (Å²) in [4.78, 5) is 23.5. The number of likely N-dealkylation sites (tertiary alicyclic amines) is 1. The Labute approximate surface area is 167 Å². The van der Waals surface area contributed by atoms with Gasteiger partial charge in [0.2, 0.25) is 5.95 Å². The fourth-order valence-electron chi connectivity index (χ4n) is 5.33. The van der Waals surface area contributed by atoms with Crippen molar-refractivity contribution in [1.29, 1.82) is 0 Å². The summed E-state index contributed by atoms with van der Waals surface area (Å²) in [5.41, 5.74) is 4.12. The average molecular weight is 379 g/mol. The van der Waals surface area contributed by atoms with Gasteiger partial charge in [0, 0.05) is 55.7 Å². The summed E-state index contributed by atoms with van der Waals surface area (Å²) in [5.74, 6) is 1.80. The molecule has 0 radical (unpaired) electrons. The maximum Gasteiger partial charge on any atom is 0.225 e. The van der Waals surface area contributed by atoms with E-state index in [4.69, 9.17) is 4.98 Å². The molecule has 6 heteroatoms. The van der Waals surface area contributed by atoms with Gasteiger partial charge >= 0.3 is 0 Å². The number of hydrogen-bond acceptors (Lipinski definition) is 6. The van der Waals surface area contributed by atoms with Gasteiger partial charge in [-0.2, -0.15) is 0 Å². The molecule has 4 heterocycles. The number of aryl methyl sites for hydroxylation is 2. The summed E-state index contributed by atoms with van der Waals surface area (Å²) in [6.07, 6.45) is 14.8. The first-order valence-electron chi connectivity index (χ1n) is 10.8. The average Bonchev–Trinajstić information content (AvgIpc) is 3.06. The lowest BCUT2D eigenvalue weighted by Gasteiger charge is -2.40. The molecule has 0 saturated carbocycles. The van der Waals surface area contributed by atoms with Crippen LogP contribution in [0.15, 0.2) is 18.6 Å². The third-order valence-electron chi connectivity index (χ3n) is 6.75. The quantitative estimate of drug-likeness (QED) is 0.818. The second kappa shape index (κ2) is 7.39. The van der Waals surface area contributed by atoms with Crippen LogP contribution in [0.2, 0.25) is 0 Å². The molecule has 5 rings (SSSR count). The number of anilines is 1. The highest BCUT2D eigenvalue weighted by Crippen LogP contribution is 2.44. The number of hydrogen-bond donors (Lipinski definition) is 0. The van der Waals surface area contributed by atoms with E-state index in [1.165, 1.54) is 55.3 Å². The van der Waals surface area contributed by atoms with Gasteiger partial charge < -0.3 is 4.90 Å². The highest BCUT2D eigenvalue weighted by atomic mass is 15.2. The SMILES string of the molecule is Cc1ncc2c(n1)C1(CCCN(Cc3cnc(N4CCCCC4)nc3)C1)CC2. The van der Waals surface area contributed by atoms with Crippen molar-refractivity contribution in [3.63, 3.8) is 0 Å². The normalized spacial score (nSPS) is 25.2. The van der Waals surface area contributed by atoms with Crippen molar-refractivity contribution in [1.82, 2.24) is 24.8 Å². The molecule has 1 spiro atoms. The van der Waals surface area contributed by atoms with Gasteiger partial charge in [0.15, 0.2) is 0 Å². The molecular weight excluding hydrogens is 348 g/mol. The van der Waals surface area contributed by atoms with Crippen LogP contribution >= 0.6 is 0 Å². The van der Waals surface area contributed by atoms with Crippen molar-refractivity contribution < 1.29 is 0 Å². The number of piperidine rings is 2. The minimum Gasteiger partial charge on any atom is -0.341 e. The first-order chi connectivity index (χ1) is 13.7. The summed E-state index contributed by atoms with van der Waals surface area (Å²) >= 11 is 0. The van der Waals surface area contributed by atoms with E-state index in [0.29, 0.717) is 0 Å². The summed E-state index contributed by atoms with van der Waals surface area (Å²) in [5, 5.41) is 0. The molecule has 0 aromatic carbocycles. The van der Waals surface area contributed by atoms with Crippen LogP contribution in [0.4, 0.5) is 5.95 Å². The Bertz CT molecular complexity index is 825. The van der Waals surface area contributed by atoms with Crippen LogP contribution < -0.4 is 4.90 Å². The first kappa shape index (κ1) is 18.0. The van der Waals surface area contributed by atoms with E-state index in [2.05, 4.69) is 30.9 Å². The number of nitrogens with zero attached hydrogens (tertiary/aromatic N) is 6. The van der Waals surface area contributed by atoms with Gasteiger partial charge in [0.1, 0.15) is 5.82 Å². The maximum absolute atomic E-state index is 4.87. The highest BCUT2D eigenvalue weighted by molar-refractivity contribution is 5.34. The van der Waals surface area contributed by atoms with E-state index in [-0.39, 0.29) is 5.41 Å². The van der Waals surface area contributed by atoms with E-state index < -0.39 is 0 Å².